The smallest absolute Gasteiger partial charge is 0.119 e. The summed E-state index contributed by atoms with van der Waals surface area (Å²) in [4.78, 5) is 4.47. The average molecular weight is 270 g/mol. The van der Waals surface area contributed by atoms with Crippen molar-refractivity contribution in [3.05, 3.63) is 59.4 Å². The van der Waals surface area contributed by atoms with E-state index in [2.05, 4.69) is 36.3 Å². The lowest BCUT2D eigenvalue weighted by molar-refractivity contribution is 0.272. The molecule has 0 aliphatic carbocycles. The van der Waals surface area contributed by atoms with E-state index in [1.54, 1.807) is 0 Å². The topological polar surface area (TPSA) is 34.1 Å². The molecule has 1 aromatic carbocycles. The second-order valence-corrected chi connectivity index (χ2v) is 5.18. The van der Waals surface area contributed by atoms with E-state index < -0.39 is 0 Å². The second-order valence-electron chi connectivity index (χ2n) is 5.18. The van der Waals surface area contributed by atoms with Gasteiger partial charge in [0, 0.05) is 18.3 Å². The van der Waals surface area contributed by atoms with Crippen LogP contribution in [0.2, 0.25) is 0 Å². The quantitative estimate of drug-likeness (QED) is 0.875. The molecule has 1 aromatic heterocycles. The normalized spacial score (nSPS) is 12.2. The Balaban J connectivity index is 1.75. The second kappa shape index (κ2) is 7.06. The van der Waals surface area contributed by atoms with Crippen molar-refractivity contribution in [3.63, 3.8) is 0 Å². The molecule has 0 saturated heterocycles. The van der Waals surface area contributed by atoms with Crippen LogP contribution in [0.1, 0.15) is 23.9 Å². The Morgan fingerprint density at radius 3 is 2.55 bits per heavy atom. The summed E-state index contributed by atoms with van der Waals surface area (Å²) in [5.74, 6) is 0.915. The van der Waals surface area contributed by atoms with Crippen molar-refractivity contribution in [1.29, 1.82) is 0 Å². The molecule has 0 spiro atoms. The minimum absolute atomic E-state index is 0.276. The van der Waals surface area contributed by atoms with Gasteiger partial charge in [-0.25, -0.2) is 0 Å². The van der Waals surface area contributed by atoms with Crippen LogP contribution in [0.4, 0.5) is 0 Å². The van der Waals surface area contributed by atoms with Gasteiger partial charge in [-0.05, 0) is 45.0 Å². The fraction of sp³-hybridized carbons (Fsp3) is 0.353. The summed E-state index contributed by atoms with van der Waals surface area (Å²) in [5, 5.41) is 3.42. The third-order valence-corrected chi connectivity index (χ3v) is 3.10. The van der Waals surface area contributed by atoms with E-state index >= 15 is 0 Å². The minimum Gasteiger partial charge on any atom is -0.492 e. The Hall–Kier alpha value is -1.87. The highest BCUT2D eigenvalue weighted by Crippen LogP contribution is 2.11. The van der Waals surface area contributed by atoms with Gasteiger partial charge in [0.1, 0.15) is 12.4 Å². The number of aryl methyl sites for hydroxylation is 2. The third-order valence-electron chi connectivity index (χ3n) is 3.10. The van der Waals surface area contributed by atoms with Gasteiger partial charge in [0.2, 0.25) is 0 Å². The van der Waals surface area contributed by atoms with E-state index in [0.29, 0.717) is 6.61 Å². The van der Waals surface area contributed by atoms with Gasteiger partial charge in [-0.1, -0.05) is 23.8 Å². The Bertz CT molecular complexity index is 537. The molecule has 1 atom stereocenters. The lowest BCUT2D eigenvalue weighted by atomic mass is 10.2. The van der Waals surface area contributed by atoms with E-state index in [4.69, 9.17) is 4.74 Å². The first-order chi connectivity index (χ1) is 9.63. The van der Waals surface area contributed by atoms with Crippen LogP contribution in [0.25, 0.3) is 0 Å². The van der Waals surface area contributed by atoms with Crippen molar-refractivity contribution < 1.29 is 4.74 Å². The fourth-order valence-corrected chi connectivity index (χ4v) is 1.89. The van der Waals surface area contributed by atoms with Gasteiger partial charge in [0.05, 0.1) is 5.69 Å². The summed E-state index contributed by atoms with van der Waals surface area (Å²) < 4.78 is 5.75. The van der Waals surface area contributed by atoms with E-state index in [9.17, 15) is 0 Å². The Morgan fingerprint density at radius 1 is 1.10 bits per heavy atom. The maximum absolute atomic E-state index is 5.75. The minimum atomic E-state index is 0.276. The standard InChI is InChI=1S/C17H22N2O/c1-13-7-9-17(10-8-13)20-12-15(3)18-11-16-6-4-5-14(2)19-16/h4-10,15,18H,11-12H2,1-3H3. The van der Waals surface area contributed by atoms with Crippen molar-refractivity contribution in [2.24, 2.45) is 0 Å². The van der Waals surface area contributed by atoms with E-state index in [1.165, 1.54) is 5.56 Å². The van der Waals surface area contributed by atoms with Crippen molar-refractivity contribution in [2.45, 2.75) is 33.4 Å². The lowest BCUT2D eigenvalue weighted by Gasteiger charge is -2.15. The maximum Gasteiger partial charge on any atom is 0.119 e. The number of nitrogens with one attached hydrogen (secondary N) is 1. The molecule has 0 amide bonds. The largest absolute Gasteiger partial charge is 0.492 e. The van der Waals surface area contributed by atoms with Crippen molar-refractivity contribution in [2.75, 3.05) is 6.61 Å². The maximum atomic E-state index is 5.75. The van der Waals surface area contributed by atoms with Crippen LogP contribution in [-0.2, 0) is 6.54 Å². The Kier molecular flexibility index (Phi) is 5.13. The van der Waals surface area contributed by atoms with Gasteiger partial charge in [-0.3, -0.25) is 4.98 Å². The van der Waals surface area contributed by atoms with Gasteiger partial charge < -0.3 is 10.1 Å². The van der Waals surface area contributed by atoms with E-state index in [0.717, 1.165) is 23.7 Å². The van der Waals surface area contributed by atoms with Crippen LogP contribution in [0, 0.1) is 13.8 Å². The monoisotopic (exact) mass is 270 g/mol. The summed E-state index contributed by atoms with van der Waals surface area (Å²) in [6.07, 6.45) is 0. The summed E-state index contributed by atoms with van der Waals surface area (Å²) >= 11 is 0. The van der Waals surface area contributed by atoms with Crippen LogP contribution in [0.15, 0.2) is 42.5 Å². The molecule has 1 unspecified atom stereocenters. The third kappa shape index (κ3) is 4.67. The predicted molar refractivity (Wildman–Crippen MR) is 81.9 cm³/mol. The summed E-state index contributed by atoms with van der Waals surface area (Å²) in [7, 11) is 0. The molecule has 0 saturated carbocycles. The highest BCUT2D eigenvalue weighted by atomic mass is 16.5. The summed E-state index contributed by atoms with van der Waals surface area (Å²) in [5.41, 5.74) is 3.36. The van der Waals surface area contributed by atoms with Crippen LogP contribution in [-0.4, -0.2) is 17.6 Å². The fourth-order valence-electron chi connectivity index (χ4n) is 1.89. The van der Waals surface area contributed by atoms with Crippen molar-refractivity contribution in [1.82, 2.24) is 10.3 Å². The van der Waals surface area contributed by atoms with Crippen LogP contribution < -0.4 is 10.1 Å². The molecule has 0 bridgehead atoms. The van der Waals surface area contributed by atoms with Gasteiger partial charge in [0.25, 0.3) is 0 Å². The molecule has 1 heterocycles. The number of hydrogen-bond acceptors (Lipinski definition) is 3. The van der Waals surface area contributed by atoms with Crippen LogP contribution in [0.3, 0.4) is 0 Å². The van der Waals surface area contributed by atoms with Crippen molar-refractivity contribution in [3.8, 4) is 5.75 Å². The molecular weight excluding hydrogens is 248 g/mol. The zero-order valence-electron chi connectivity index (χ0n) is 12.4. The van der Waals surface area contributed by atoms with Crippen molar-refractivity contribution >= 4 is 0 Å². The first-order valence-corrected chi connectivity index (χ1v) is 6.99. The lowest BCUT2D eigenvalue weighted by Crippen LogP contribution is -2.31. The molecule has 20 heavy (non-hydrogen) atoms. The van der Waals surface area contributed by atoms with E-state index in [1.807, 2.05) is 37.3 Å². The molecule has 0 aliphatic heterocycles. The van der Waals surface area contributed by atoms with Crippen LogP contribution >= 0.6 is 0 Å². The number of nitrogens with zero attached hydrogens (tertiary/aromatic N) is 1. The molecule has 0 aliphatic rings. The van der Waals surface area contributed by atoms with Gasteiger partial charge in [-0.15, -0.1) is 0 Å². The number of pyridine rings is 1. The van der Waals surface area contributed by atoms with Gasteiger partial charge in [0.15, 0.2) is 0 Å². The number of rotatable bonds is 6. The molecule has 0 fully saturated rings. The number of aromatic nitrogens is 1. The van der Waals surface area contributed by atoms with Gasteiger partial charge >= 0.3 is 0 Å². The molecule has 106 valence electrons. The molecule has 1 N–H and O–H groups in total. The highest BCUT2D eigenvalue weighted by molar-refractivity contribution is 5.26. The van der Waals surface area contributed by atoms with E-state index in [-0.39, 0.29) is 6.04 Å². The molecule has 3 nitrogen and oxygen atoms in total. The highest BCUT2D eigenvalue weighted by Gasteiger charge is 2.03. The average Bonchev–Trinajstić information content (AvgIpc) is 2.45. The molecule has 3 heteroatoms. The zero-order chi connectivity index (χ0) is 14.4. The Morgan fingerprint density at radius 2 is 1.85 bits per heavy atom. The number of benzene rings is 1. The number of ether oxygens (including phenoxy) is 1. The molecule has 2 rings (SSSR count). The predicted octanol–water partition coefficient (Wildman–Crippen LogP) is 3.26. The Labute approximate surface area is 121 Å². The molecular formula is C17H22N2O. The first kappa shape index (κ1) is 14.5. The van der Waals surface area contributed by atoms with Crippen LogP contribution in [0.5, 0.6) is 5.75 Å². The molecule has 2 aromatic rings. The number of hydrogen-bond donors (Lipinski definition) is 1. The summed E-state index contributed by atoms with van der Waals surface area (Å²) in [6.45, 7) is 7.61. The summed E-state index contributed by atoms with van der Waals surface area (Å²) in [6, 6.07) is 14.5. The van der Waals surface area contributed by atoms with Gasteiger partial charge in [-0.2, -0.15) is 0 Å². The first-order valence-electron chi connectivity index (χ1n) is 6.99. The molecule has 0 radical (unpaired) electrons. The zero-order valence-corrected chi connectivity index (χ0v) is 12.4. The SMILES string of the molecule is Cc1ccc(OCC(C)NCc2cccc(C)n2)cc1.